The maximum Gasteiger partial charge on any atom is 0.0695 e. The van der Waals surface area contributed by atoms with E-state index in [-0.39, 0.29) is 31.7 Å². The third-order valence-electron chi connectivity index (χ3n) is 3.66. The van der Waals surface area contributed by atoms with Gasteiger partial charge in [0.15, 0.2) is 0 Å². The van der Waals surface area contributed by atoms with Crippen LogP contribution in [0.3, 0.4) is 0 Å². The first-order chi connectivity index (χ1) is 12.8. The molecule has 28 heavy (non-hydrogen) atoms. The Kier molecular flexibility index (Phi) is 9.25. The van der Waals surface area contributed by atoms with Crippen LogP contribution in [0.2, 0.25) is 0 Å². The first-order valence-electron chi connectivity index (χ1n) is 8.10. The fourth-order valence-corrected chi connectivity index (χ4v) is 2.40. The fourth-order valence-electron chi connectivity index (χ4n) is 2.40. The Morgan fingerprint density at radius 1 is 0.500 bits per heavy atom. The quantitative estimate of drug-likeness (QED) is 0.515. The molecule has 0 fully saturated rings. The van der Waals surface area contributed by atoms with Crippen LogP contribution in [0, 0.1) is 0 Å². The predicted molar refractivity (Wildman–Crippen MR) is 113 cm³/mol. The molecule has 0 atom stereocenters. The van der Waals surface area contributed by atoms with Gasteiger partial charge in [-0.05, 0) is 35.4 Å². The average Bonchev–Trinajstić information content (AvgIpc) is 2.71. The molecule has 0 bridgehead atoms. The Morgan fingerprint density at radius 3 is 1.18 bits per heavy atom. The van der Waals surface area contributed by atoms with Gasteiger partial charge in [0.2, 0.25) is 0 Å². The summed E-state index contributed by atoms with van der Waals surface area (Å²) < 4.78 is 0. The number of aromatic nitrogens is 2. The summed E-state index contributed by atoms with van der Waals surface area (Å²) in [5.41, 5.74) is 2.77. The van der Waals surface area contributed by atoms with Crippen LogP contribution in [0.15, 0.2) is 97.3 Å². The maximum absolute atomic E-state index is 11.4. The topological polar surface area (TPSA) is 71.9 Å². The monoisotopic (exact) mass is 360 g/mol. The number of hydrogen-bond acceptors (Lipinski definition) is 4. The van der Waals surface area contributed by atoms with Gasteiger partial charge in [-0.25, -0.2) is 0 Å². The van der Waals surface area contributed by atoms with Gasteiger partial charge in [0.05, 0.1) is 11.4 Å². The molecule has 0 saturated carbocycles. The van der Waals surface area contributed by atoms with Crippen molar-refractivity contribution >= 4 is 20.2 Å². The SMILES string of the molecule is [Be+2].[BeH2].[O-]c1ccccc1-c1ccccn1.[O-]c1ccccc1-c1ccccn1. The number of hydrogen-bond donors (Lipinski definition) is 0. The Labute approximate surface area is 172 Å². The van der Waals surface area contributed by atoms with Crippen molar-refractivity contribution in [1.82, 2.24) is 9.97 Å². The summed E-state index contributed by atoms with van der Waals surface area (Å²) in [5, 5.41) is 22.8. The molecule has 0 unspecified atom stereocenters. The zero-order valence-corrected chi connectivity index (χ0v) is 14.7. The van der Waals surface area contributed by atoms with Crippen LogP contribution in [-0.4, -0.2) is 30.2 Å². The van der Waals surface area contributed by atoms with Crippen molar-refractivity contribution in [1.29, 1.82) is 0 Å². The predicted octanol–water partition coefficient (Wildman–Crippen LogP) is 2.35. The van der Waals surface area contributed by atoms with Crippen LogP contribution in [0.25, 0.3) is 22.5 Å². The molecule has 2 heterocycles. The second kappa shape index (κ2) is 11.4. The van der Waals surface area contributed by atoms with Crippen LogP contribution in [-0.2, 0) is 0 Å². The molecule has 132 valence electrons. The normalized spacial score (nSPS) is 9.14. The molecule has 0 amide bonds. The van der Waals surface area contributed by atoms with Gasteiger partial charge in [0.1, 0.15) is 0 Å². The van der Waals surface area contributed by atoms with Gasteiger partial charge in [-0.15, -0.1) is 0 Å². The summed E-state index contributed by atoms with van der Waals surface area (Å²) in [4.78, 5) is 8.22. The minimum absolute atomic E-state index is 0. The minimum atomic E-state index is 0. The smallest absolute Gasteiger partial charge is 0.0695 e. The molecule has 2 aromatic carbocycles. The molecular formula is C22H18Be2N2O2. The number of benzene rings is 2. The van der Waals surface area contributed by atoms with E-state index in [2.05, 4.69) is 9.97 Å². The first-order valence-corrected chi connectivity index (χ1v) is 8.10. The summed E-state index contributed by atoms with van der Waals surface area (Å²) in [6, 6.07) is 24.9. The Morgan fingerprint density at radius 2 is 0.857 bits per heavy atom. The third kappa shape index (κ3) is 5.85. The molecule has 2 aromatic heterocycles. The van der Waals surface area contributed by atoms with Crippen LogP contribution >= 0.6 is 0 Å². The van der Waals surface area contributed by atoms with Crippen LogP contribution < -0.4 is 10.2 Å². The molecule has 0 N–H and O–H groups in total. The summed E-state index contributed by atoms with van der Waals surface area (Å²) in [6.07, 6.45) is 3.36. The third-order valence-corrected chi connectivity index (χ3v) is 3.66. The van der Waals surface area contributed by atoms with E-state index in [4.69, 9.17) is 0 Å². The van der Waals surface area contributed by atoms with Crippen molar-refractivity contribution in [3.8, 4) is 34.0 Å². The first kappa shape index (κ1) is 22.7. The number of rotatable bonds is 2. The zero-order chi connectivity index (χ0) is 18.2. The molecule has 0 aliphatic heterocycles. The Bertz CT molecular complexity index is 887. The van der Waals surface area contributed by atoms with E-state index < -0.39 is 0 Å². The molecule has 0 saturated heterocycles. The zero-order valence-electron chi connectivity index (χ0n) is 14.7. The number of pyridine rings is 2. The van der Waals surface area contributed by atoms with Gasteiger partial charge in [-0.1, -0.05) is 72.2 Å². The molecule has 6 heteroatoms. The van der Waals surface area contributed by atoms with Crippen molar-refractivity contribution in [3.05, 3.63) is 97.3 Å². The van der Waals surface area contributed by atoms with Crippen molar-refractivity contribution in [3.63, 3.8) is 0 Å². The average molecular weight is 360 g/mol. The molecule has 4 rings (SSSR count). The van der Waals surface area contributed by atoms with E-state index in [0.717, 1.165) is 11.4 Å². The van der Waals surface area contributed by atoms with Gasteiger partial charge in [-0.3, -0.25) is 9.97 Å². The fraction of sp³-hybridized carbons (Fsp3) is 0. The molecular weight excluding hydrogens is 342 g/mol. The Hall–Kier alpha value is -3.32. The standard InChI is InChI=1S/2C11H9NO.2Be.2H/c2*13-11-7-2-1-5-9(11)10-6-3-4-8-12-10;;;;/h2*1-8,13H;;;;/q;;;+2;;/p-2. The number of para-hydroxylation sites is 2. The van der Waals surface area contributed by atoms with Crippen molar-refractivity contribution in [2.24, 2.45) is 0 Å². The van der Waals surface area contributed by atoms with E-state index in [1.54, 1.807) is 48.8 Å². The van der Waals surface area contributed by atoms with Gasteiger partial charge < -0.3 is 10.2 Å². The van der Waals surface area contributed by atoms with Gasteiger partial charge in [-0.2, -0.15) is 0 Å². The second-order valence-corrected chi connectivity index (χ2v) is 5.42. The van der Waals surface area contributed by atoms with Crippen molar-refractivity contribution in [2.45, 2.75) is 0 Å². The van der Waals surface area contributed by atoms with Crippen molar-refractivity contribution in [2.75, 3.05) is 0 Å². The number of nitrogens with zero attached hydrogens (tertiary/aromatic N) is 2. The molecule has 4 aromatic rings. The van der Waals surface area contributed by atoms with E-state index >= 15 is 0 Å². The molecule has 0 spiro atoms. The molecule has 0 aliphatic carbocycles. The largest absolute Gasteiger partial charge is 0.872 e. The van der Waals surface area contributed by atoms with E-state index in [1.807, 2.05) is 48.5 Å². The second-order valence-electron chi connectivity index (χ2n) is 5.42. The van der Waals surface area contributed by atoms with Crippen LogP contribution in [0.1, 0.15) is 0 Å². The van der Waals surface area contributed by atoms with Gasteiger partial charge in [0.25, 0.3) is 0 Å². The van der Waals surface area contributed by atoms with Crippen molar-refractivity contribution < 1.29 is 10.2 Å². The molecule has 0 radical (unpaired) electrons. The Balaban J connectivity index is 0.000000261. The molecule has 0 aliphatic rings. The van der Waals surface area contributed by atoms with Gasteiger partial charge >= 0.3 is 20.2 Å². The summed E-state index contributed by atoms with van der Waals surface area (Å²) in [7, 11) is 0. The minimum Gasteiger partial charge on any atom is -0.872 e. The summed E-state index contributed by atoms with van der Waals surface area (Å²) >= 11 is 0. The van der Waals surface area contributed by atoms with E-state index in [1.165, 1.54) is 0 Å². The van der Waals surface area contributed by atoms with Crippen LogP contribution in [0.5, 0.6) is 11.5 Å². The molecule has 4 nitrogen and oxygen atoms in total. The van der Waals surface area contributed by atoms with E-state index in [9.17, 15) is 10.2 Å². The summed E-state index contributed by atoms with van der Waals surface area (Å²) in [6.45, 7) is 0. The van der Waals surface area contributed by atoms with E-state index in [0.29, 0.717) is 11.1 Å². The maximum atomic E-state index is 11.4. The summed E-state index contributed by atoms with van der Waals surface area (Å²) in [5.74, 6) is 0.0300. The van der Waals surface area contributed by atoms with Crippen LogP contribution in [0.4, 0.5) is 0 Å². The van der Waals surface area contributed by atoms with Gasteiger partial charge in [0, 0.05) is 12.4 Å².